The molecule has 0 atom stereocenters. The van der Waals surface area contributed by atoms with Crippen molar-refractivity contribution in [3.63, 3.8) is 0 Å². The highest BCUT2D eigenvalue weighted by Gasteiger charge is 2.12. The van der Waals surface area contributed by atoms with Crippen LogP contribution in [0.3, 0.4) is 0 Å². The molecule has 6 heteroatoms. The van der Waals surface area contributed by atoms with Gasteiger partial charge in [0.1, 0.15) is 10.8 Å². The second-order valence-corrected chi connectivity index (χ2v) is 6.31. The quantitative estimate of drug-likeness (QED) is 0.722. The Labute approximate surface area is 149 Å². The van der Waals surface area contributed by atoms with Crippen molar-refractivity contribution in [2.24, 2.45) is 0 Å². The summed E-state index contributed by atoms with van der Waals surface area (Å²) in [6.45, 7) is 0. The van der Waals surface area contributed by atoms with Crippen molar-refractivity contribution in [2.75, 3.05) is 12.4 Å². The zero-order valence-electron chi connectivity index (χ0n) is 13.0. The standard InChI is InChI=1S/C18H15ClN2O2S/c1-23-16-9-5-4-8-15(16)21-17(22)10-12-11-24-18(20-12)13-6-2-3-7-14(13)19/h2-9,11H,10H2,1H3,(H,21,22). The van der Waals surface area contributed by atoms with Crippen LogP contribution in [0.1, 0.15) is 5.69 Å². The summed E-state index contributed by atoms with van der Waals surface area (Å²) < 4.78 is 5.23. The van der Waals surface area contributed by atoms with Gasteiger partial charge in [0.25, 0.3) is 0 Å². The molecule has 4 nitrogen and oxygen atoms in total. The first-order valence-corrected chi connectivity index (χ1v) is 8.55. The van der Waals surface area contributed by atoms with Crippen molar-refractivity contribution >= 4 is 34.5 Å². The van der Waals surface area contributed by atoms with Gasteiger partial charge in [0.15, 0.2) is 0 Å². The number of methoxy groups -OCH3 is 1. The van der Waals surface area contributed by atoms with Crippen LogP contribution in [0.5, 0.6) is 5.75 Å². The van der Waals surface area contributed by atoms with E-state index in [2.05, 4.69) is 10.3 Å². The molecule has 1 N–H and O–H groups in total. The van der Waals surface area contributed by atoms with Gasteiger partial charge < -0.3 is 10.1 Å². The average Bonchev–Trinajstić information content (AvgIpc) is 3.04. The molecule has 1 amide bonds. The van der Waals surface area contributed by atoms with E-state index >= 15 is 0 Å². The Morgan fingerprint density at radius 3 is 2.75 bits per heavy atom. The van der Waals surface area contributed by atoms with Gasteiger partial charge in [-0.05, 0) is 18.2 Å². The molecule has 1 aromatic heterocycles. The Hall–Kier alpha value is -2.37. The first-order valence-electron chi connectivity index (χ1n) is 7.29. The average molecular weight is 359 g/mol. The number of hydrogen-bond acceptors (Lipinski definition) is 4. The molecule has 0 unspecified atom stereocenters. The van der Waals surface area contributed by atoms with Gasteiger partial charge in [-0.2, -0.15) is 0 Å². The second kappa shape index (κ2) is 7.47. The molecule has 0 saturated heterocycles. The normalized spacial score (nSPS) is 10.4. The third-order valence-corrected chi connectivity index (χ3v) is 4.63. The van der Waals surface area contributed by atoms with E-state index in [0.29, 0.717) is 22.2 Å². The number of thiazole rings is 1. The van der Waals surface area contributed by atoms with Gasteiger partial charge in [0, 0.05) is 10.9 Å². The molecule has 0 fully saturated rings. The number of amides is 1. The van der Waals surface area contributed by atoms with Crippen LogP contribution < -0.4 is 10.1 Å². The highest BCUT2D eigenvalue weighted by atomic mass is 35.5. The number of anilines is 1. The summed E-state index contributed by atoms with van der Waals surface area (Å²) in [4.78, 5) is 16.7. The summed E-state index contributed by atoms with van der Waals surface area (Å²) in [5.41, 5.74) is 2.23. The highest BCUT2D eigenvalue weighted by Crippen LogP contribution is 2.30. The largest absolute Gasteiger partial charge is 0.495 e. The van der Waals surface area contributed by atoms with E-state index in [4.69, 9.17) is 16.3 Å². The zero-order chi connectivity index (χ0) is 16.9. The van der Waals surface area contributed by atoms with Crippen molar-refractivity contribution < 1.29 is 9.53 Å². The lowest BCUT2D eigenvalue weighted by Gasteiger charge is -2.09. The molecule has 3 rings (SSSR count). The highest BCUT2D eigenvalue weighted by molar-refractivity contribution is 7.13. The number of rotatable bonds is 5. The Morgan fingerprint density at radius 1 is 1.21 bits per heavy atom. The van der Waals surface area contributed by atoms with Gasteiger partial charge in [-0.1, -0.05) is 41.9 Å². The van der Waals surface area contributed by atoms with Gasteiger partial charge in [0.2, 0.25) is 5.91 Å². The summed E-state index contributed by atoms with van der Waals surface area (Å²) in [7, 11) is 1.57. The predicted molar refractivity (Wildman–Crippen MR) is 97.9 cm³/mol. The predicted octanol–water partition coefficient (Wildman–Crippen LogP) is 4.65. The number of ether oxygens (including phenoxy) is 1. The Balaban J connectivity index is 1.71. The maximum atomic E-state index is 12.2. The number of benzene rings is 2. The first-order chi connectivity index (χ1) is 11.7. The van der Waals surface area contributed by atoms with Crippen LogP contribution >= 0.6 is 22.9 Å². The number of carbonyl (C=O) groups is 1. The molecule has 1 heterocycles. The lowest BCUT2D eigenvalue weighted by Crippen LogP contribution is -2.15. The Morgan fingerprint density at radius 2 is 1.96 bits per heavy atom. The molecule has 0 spiro atoms. The van der Waals surface area contributed by atoms with Crippen LogP contribution in [0.4, 0.5) is 5.69 Å². The second-order valence-electron chi connectivity index (χ2n) is 5.05. The van der Waals surface area contributed by atoms with Gasteiger partial charge in [-0.15, -0.1) is 11.3 Å². The molecule has 122 valence electrons. The molecule has 0 aliphatic rings. The number of halogens is 1. The molecule has 2 aromatic carbocycles. The fourth-order valence-electron chi connectivity index (χ4n) is 2.25. The van der Waals surface area contributed by atoms with Crippen molar-refractivity contribution in [1.82, 2.24) is 4.98 Å². The minimum atomic E-state index is -0.143. The Bertz CT molecular complexity index is 863. The van der Waals surface area contributed by atoms with Crippen LogP contribution in [0.2, 0.25) is 5.02 Å². The SMILES string of the molecule is COc1ccccc1NC(=O)Cc1csc(-c2ccccc2Cl)n1. The number of aromatic nitrogens is 1. The molecular formula is C18H15ClN2O2S. The fourth-order valence-corrected chi connectivity index (χ4v) is 3.39. The monoisotopic (exact) mass is 358 g/mol. The minimum Gasteiger partial charge on any atom is -0.495 e. The third kappa shape index (κ3) is 3.75. The van der Waals surface area contributed by atoms with Gasteiger partial charge >= 0.3 is 0 Å². The topological polar surface area (TPSA) is 51.2 Å². The molecule has 0 bridgehead atoms. The molecule has 0 aliphatic heterocycles. The lowest BCUT2D eigenvalue weighted by atomic mass is 10.2. The molecule has 0 radical (unpaired) electrons. The van der Waals surface area contributed by atoms with Crippen molar-refractivity contribution in [3.8, 4) is 16.3 Å². The van der Waals surface area contributed by atoms with Gasteiger partial charge in [-0.25, -0.2) is 4.98 Å². The molecule has 0 saturated carbocycles. The van der Waals surface area contributed by atoms with E-state index in [-0.39, 0.29) is 12.3 Å². The lowest BCUT2D eigenvalue weighted by molar-refractivity contribution is -0.115. The zero-order valence-corrected chi connectivity index (χ0v) is 14.5. The Kier molecular flexibility index (Phi) is 5.13. The fraction of sp³-hybridized carbons (Fsp3) is 0.111. The summed E-state index contributed by atoms with van der Waals surface area (Å²) in [6, 6.07) is 14.8. The van der Waals surface area contributed by atoms with E-state index in [0.717, 1.165) is 10.6 Å². The molecular weight excluding hydrogens is 344 g/mol. The third-order valence-electron chi connectivity index (χ3n) is 3.38. The van der Waals surface area contributed by atoms with Gasteiger partial charge in [-0.3, -0.25) is 4.79 Å². The first kappa shape index (κ1) is 16.5. The number of hydrogen-bond donors (Lipinski definition) is 1. The van der Waals surface area contributed by atoms with Crippen LogP contribution in [0.25, 0.3) is 10.6 Å². The van der Waals surface area contributed by atoms with Crippen LogP contribution in [-0.2, 0) is 11.2 Å². The van der Waals surface area contributed by atoms with Crippen LogP contribution in [-0.4, -0.2) is 18.0 Å². The summed E-state index contributed by atoms with van der Waals surface area (Å²) in [5.74, 6) is 0.483. The maximum absolute atomic E-state index is 12.2. The van der Waals surface area contributed by atoms with E-state index in [1.807, 2.05) is 41.8 Å². The van der Waals surface area contributed by atoms with Crippen molar-refractivity contribution in [2.45, 2.75) is 6.42 Å². The van der Waals surface area contributed by atoms with E-state index in [1.54, 1.807) is 19.2 Å². The van der Waals surface area contributed by atoms with E-state index < -0.39 is 0 Å². The van der Waals surface area contributed by atoms with Crippen LogP contribution in [0.15, 0.2) is 53.9 Å². The summed E-state index contributed by atoms with van der Waals surface area (Å²) in [6.07, 6.45) is 0.193. The number of para-hydroxylation sites is 2. The van der Waals surface area contributed by atoms with E-state index in [9.17, 15) is 4.79 Å². The molecule has 0 aliphatic carbocycles. The minimum absolute atomic E-state index is 0.143. The number of nitrogens with zero attached hydrogens (tertiary/aromatic N) is 1. The number of carbonyl (C=O) groups excluding carboxylic acids is 1. The molecule has 24 heavy (non-hydrogen) atoms. The van der Waals surface area contributed by atoms with Crippen LogP contribution in [0, 0.1) is 0 Å². The van der Waals surface area contributed by atoms with Crippen molar-refractivity contribution in [3.05, 3.63) is 64.6 Å². The smallest absolute Gasteiger partial charge is 0.230 e. The van der Waals surface area contributed by atoms with Crippen molar-refractivity contribution in [1.29, 1.82) is 0 Å². The van der Waals surface area contributed by atoms with E-state index in [1.165, 1.54) is 11.3 Å². The summed E-state index contributed by atoms with van der Waals surface area (Å²) >= 11 is 7.66. The molecule has 3 aromatic rings. The number of nitrogens with one attached hydrogen (secondary N) is 1. The maximum Gasteiger partial charge on any atom is 0.230 e. The van der Waals surface area contributed by atoms with Gasteiger partial charge in [0.05, 0.1) is 29.9 Å². The summed E-state index contributed by atoms with van der Waals surface area (Å²) in [5, 5.41) is 6.18.